The van der Waals surface area contributed by atoms with E-state index in [2.05, 4.69) is 15.0 Å². The third-order valence-electron chi connectivity index (χ3n) is 5.56. The lowest BCUT2D eigenvalue weighted by Crippen LogP contribution is -2.30. The second-order valence-electron chi connectivity index (χ2n) is 7.90. The van der Waals surface area contributed by atoms with E-state index in [1.165, 1.54) is 23.5 Å². The summed E-state index contributed by atoms with van der Waals surface area (Å²) in [6, 6.07) is 6.25. The van der Waals surface area contributed by atoms with E-state index in [-0.39, 0.29) is 11.7 Å². The molecule has 160 valence electrons. The van der Waals surface area contributed by atoms with Crippen LogP contribution in [0.5, 0.6) is 0 Å². The van der Waals surface area contributed by atoms with Crippen molar-refractivity contribution < 1.29 is 9.18 Å². The normalized spacial score (nSPS) is 14.2. The van der Waals surface area contributed by atoms with E-state index in [9.17, 15) is 9.18 Å². The molecule has 1 aliphatic heterocycles. The van der Waals surface area contributed by atoms with Crippen LogP contribution in [0.2, 0.25) is 0 Å². The predicted molar refractivity (Wildman–Crippen MR) is 117 cm³/mol. The second kappa shape index (κ2) is 8.24. The largest absolute Gasteiger partial charge is 0.337 e. The van der Waals surface area contributed by atoms with Gasteiger partial charge in [0.05, 0.1) is 17.6 Å². The Hall–Kier alpha value is -3.04. The van der Waals surface area contributed by atoms with Crippen LogP contribution < -0.4 is 0 Å². The number of likely N-dealkylation sites (tertiary alicyclic amines) is 1. The molecule has 0 bridgehead atoms. The van der Waals surface area contributed by atoms with Gasteiger partial charge in [0.2, 0.25) is 0 Å². The molecule has 4 aromatic rings. The van der Waals surface area contributed by atoms with E-state index in [0.29, 0.717) is 18.8 Å². The van der Waals surface area contributed by atoms with Crippen molar-refractivity contribution in [2.45, 2.75) is 25.9 Å². The average molecular weight is 439 g/mol. The third kappa shape index (κ3) is 3.98. The molecule has 0 atom stereocenters. The highest BCUT2D eigenvalue weighted by Gasteiger charge is 2.26. The molecule has 31 heavy (non-hydrogen) atoms. The molecule has 0 radical (unpaired) electrons. The van der Waals surface area contributed by atoms with Gasteiger partial charge in [-0.05, 0) is 44.2 Å². The molecule has 0 saturated carbocycles. The van der Waals surface area contributed by atoms with Gasteiger partial charge in [-0.2, -0.15) is 5.10 Å². The Morgan fingerprint density at radius 3 is 2.74 bits per heavy atom. The number of halogens is 1. The molecule has 4 heterocycles. The number of nitrogens with zero attached hydrogens (tertiary/aromatic N) is 6. The van der Waals surface area contributed by atoms with Crippen LogP contribution in [0.3, 0.4) is 0 Å². The maximum atomic E-state index is 13.2. The fourth-order valence-electron chi connectivity index (χ4n) is 4.02. The van der Waals surface area contributed by atoms with Crippen LogP contribution in [0, 0.1) is 5.82 Å². The topological polar surface area (TPSA) is 58.7 Å². The van der Waals surface area contributed by atoms with E-state index >= 15 is 0 Å². The number of thiazole rings is 1. The summed E-state index contributed by atoms with van der Waals surface area (Å²) in [5.74, 6) is -0.239. The monoisotopic (exact) mass is 438 g/mol. The number of carbonyl (C=O) groups excluding carboxylic acids is 1. The van der Waals surface area contributed by atoms with Crippen molar-refractivity contribution in [2.24, 2.45) is 0 Å². The number of imidazole rings is 1. The van der Waals surface area contributed by atoms with Gasteiger partial charge < -0.3 is 4.90 Å². The lowest BCUT2D eigenvalue weighted by Gasteiger charge is -2.18. The maximum absolute atomic E-state index is 13.2. The van der Waals surface area contributed by atoms with Crippen molar-refractivity contribution in [3.63, 3.8) is 0 Å². The summed E-state index contributed by atoms with van der Waals surface area (Å²) in [6.07, 6.45) is 7.84. The first kappa shape index (κ1) is 19.9. The summed E-state index contributed by atoms with van der Waals surface area (Å²) in [5.41, 5.74) is 3.32. The number of rotatable bonds is 6. The zero-order valence-electron chi connectivity index (χ0n) is 17.2. The first-order chi connectivity index (χ1) is 15.1. The molecule has 0 aliphatic carbocycles. The molecule has 0 N–H and O–H groups in total. The van der Waals surface area contributed by atoms with Crippen LogP contribution in [0.15, 0.2) is 48.2 Å². The molecular formula is C22H23FN6OS. The summed E-state index contributed by atoms with van der Waals surface area (Å²) in [5, 5.41) is 6.39. The van der Waals surface area contributed by atoms with Crippen molar-refractivity contribution in [1.29, 1.82) is 0 Å². The Morgan fingerprint density at radius 1 is 1.19 bits per heavy atom. The minimum absolute atomic E-state index is 0.0286. The SMILES string of the molecule is CN(Cc1cnn(-c2ccc(F)cc2)c1)Cc1c(C(=O)N2CCCC2)nc2sccn12. The van der Waals surface area contributed by atoms with Crippen molar-refractivity contribution in [3.8, 4) is 5.69 Å². The van der Waals surface area contributed by atoms with Crippen LogP contribution in [-0.2, 0) is 13.1 Å². The molecule has 1 aromatic carbocycles. The standard InChI is InChI=1S/C22H23FN6OS/c1-26(13-16-12-24-29(14-16)18-6-4-17(23)5-7-18)15-19-20(21(30)27-8-2-3-9-27)25-22-28(19)10-11-31-22/h4-7,10-12,14H,2-3,8-9,13,15H2,1H3. The van der Waals surface area contributed by atoms with Gasteiger partial charge in [-0.3, -0.25) is 14.1 Å². The molecule has 1 fully saturated rings. The highest BCUT2D eigenvalue weighted by Crippen LogP contribution is 2.22. The first-order valence-corrected chi connectivity index (χ1v) is 11.2. The van der Waals surface area contributed by atoms with Gasteiger partial charge >= 0.3 is 0 Å². The number of carbonyl (C=O) groups is 1. The number of hydrogen-bond acceptors (Lipinski definition) is 5. The lowest BCUT2D eigenvalue weighted by atomic mass is 10.2. The molecule has 0 spiro atoms. The van der Waals surface area contributed by atoms with E-state index in [1.807, 2.05) is 40.3 Å². The first-order valence-electron chi connectivity index (χ1n) is 10.3. The van der Waals surface area contributed by atoms with Crippen molar-refractivity contribution in [2.75, 3.05) is 20.1 Å². The zero-order valence-corrected chi connectivity index (χ0v) is 18.1. The van der Waals surface area contributed by atoms with E-state index < -0.39 is 0 Å². The van der Waals surface area contributed by atoms with E-state index in [1.54, 1.807) is 16.8 Å². The smallest absolute Gasteiger partial charge is 0.274 e. The summed E-state index contributed by atoms with van der Waals surface area (Å²) in [4.78, 5) is 22.6. The minimum Gasteiger partial charge on any atom is -0.337 e. The van der Waals surface area contributed by atoms with E-state index in [4.69, 9.17) is 0 Å². The molecule has 9 heteroatoms. The second-order valence-corrected chi connectivity index (χ2v) is 8.78. The third-order valence-corrected chi connectivity index (χ3v) is 6.31. The molecule has 7 nitrogen and oxygen atoms in total. The van der Waals surface area contributed by atoms with E-state index in [0.717, 1.165) is 47.8 Å². The fourth-order valence-corrected chi connectivity index (χ4v) is 4.76. The van der Waals surface area contributed by atoms with Gasteiger partial charge in [-0.25, -0.2) is 14.1 Å². The summed E-state index contributed by atoms with van der Waals surface area (Å²) >= 11 is 1.54. The molecule has 3 aromatic heterocycles. The van der Waals surface area contributed by atoms with Crippen LogP contribution in [-0.4, -0.2) is 55.0 Å². The van der Waals surface area contributed by atoms with Crippen LogP contribution in [0.25, 0.3) is 10.6 Å². The molecular weight excluding hydrogens is 415 g/mol. The number of fused-ring (bicyclic) bond motifs is 1. The lowest BCUT2D eigenvalue weighted by molar-refractivity contribution is 0.0785. The summed E-state index contributed by atoms with van der Waals surface area (Å²) < 4.78 is 16.9. The van der Waals surface area contributed by atoms with Gasteiger partial charge in [-0.15, -0.1) is 11.3 Å². The molecule has 5 rings (SSSR count). The number of aromatic nitrogens is 4. The molecule has 1 aliphatic rings. The van der Waals surface area contributed by atoms with Gasteiger partial charge in [0.15, 0.2) is 10.7 Å². The zero-order chi connectivity index (χ0) is 21.4. The average Bonchev–Trinajstić information content (AvgIpc) is 3.54. The maximum Gasteiger partial charge on any atom is 0.274 e. The fraction of sp³-hybridized carbons (Fsp3) is 0.318. The number of amides is 1. The predicted octanol–water partition coefficient (Wildman–Crippen LogP) is 3.59. The molecule has 0 unspecified atom stereocenters. The van der Waals surface area contributed by atoms with Gasteiger partial charge in [0.25, 0.3) is 5.91 Å². The van der Waals surface area contributed by atoms with Gasteiger partial charge in [0.1, 0.15) is 5.82 Å². The van der Waals surface area contributed by atoms with Crippen molar-refractivity contribution >= 4 is 22.2 Å². The Morgan fingerprint density at radius 2 is 1.97 bits per heavy atom. The number of hydrogen-bond donors (Lipinski definition) is 0. The quantitative estimate of drug-likeness (QED) is 0.462. The van der Waals surface area contributed by atoms with Gasteiger partial charge in [0, 0.05) is 49.5 Å². The van der Waals surface area contributed by atoms with Crippen LogP contribution in [0.4, 0.5) is 4.39 Å². The summed E-state index contributed by atoms with van der Waals surface area (Å²) in [7, 11) is 2.02. The molecule has 1 amide bonds. The van der Waals surface area contributed by atoms with Crippen LogP contribution in [0.1, 0.15) is 34.6 Å². The summed E-state index contributed by atoms with van der Waals surface area (Å²) in [6.45, 7) is 2.87. The Balaban J connectivity index is 1.34. The Labute approximate surface area is 183 Å². The van der Waals surface area contributed by atoms with Gasteiger partial charge in [-0.1, -0.05) is 0 Å². The molecule has 1 saturated heterocycles. The highest BCUT2D eigenvalue weighted by atomic mass is 32.1. The van der Waals surface area contributed by atoms with Crippen molar-refractivity contribution in [3.05, 3.63) is 71.0 Å². The Kier molecular flexibility index (Phi) is 5.29. The number of benzene rings is 1. The van der Waals surface area contributed by atoms with Crippen LogP contribution >= 0.6 is 11.3 Å². The van der Waals surface area contributed by atoms with Crippen molar-refractivity contribution in [1.82, 2.24) is 29.0 Å². The highest BCUT2D eigenvalue weighted by molar-refractivity contribution is 7.15. The minimum atomic E-state index is -0.268. The Bertz CT molecular complexity index is 1200.